The third-order valence-electron chi connectivity index (χ3n) is 3.83. The molecule has 126 valence electrons. The molecule has 0 bridgehead atoms. The van der Waals surface area contributed by atoms with E-state index in [0.717, 1.165) is 11.1 Å². The van der Waals surface area contributed by atoms with Crippen molar-refractivity contribution < 1.29 is 9.59 Å². The first-order valence-electron chi connectivity index (χ1n) is 7.80. The number of amides is 2. The average molecular weight is 345 g/mol. The van der Waals surface area contributed by atoms with E-state index in [1.165, 1.54) is 6.92 Å². The summed E-state index contributed by atoms with van der Waals surface area (Å²) in [6.07, 6.45) is 0. The van der Waals surface area contributed by atoms with Gasteiger partial charge in [0.15, 0.2) is 0 Å². The smallest absolute Gasteiger partial charge is 0.242 e. The summed E-state index contributed by atoms with van der Waals surface area (Å²) in [7, 11) is 0. The first kappa shape index (κ1) is 18.0. The number of nitrogens with one attached hydrogen (secondary N) is 1. The lowest BCUT2D eigenvalue weighted by Gasteiger charge is -2.27. The van der Waals surface area contributed by atoms with Crippen LogP contribution in [0.3, 0.4) is 0 Å². The minimum Gasteiger partial charge on any atom is -0.350 e. The van der Waals surface area contributed by atoms with Gasteiger partial charge in [-0.15, -0.1) is 0 Å². The van der Waals surface area contributed by atoms with E-state index in [-0.39, 0.29) is 11.8 Å². The van der Waals surface area contributed by atoms with Gasteiger partial charge >= 0.3 is 0 Å². The van der Waals surface area contributed by atoms with Crippen molar-refractivity contribution in [1.82, 2.24) is 10.2 Å². The lowest BCUT2D eigenvalue weighted by atomic mass is 10.1. The number of hydrogen-bond acceptors (Lipinski definition) is 2. The van der Waals surface area contributed by atoms with Gasteiger partial charge in [-0.25, -0.2) is 0 Å². The maximum Gasteiger partial charge on any atom is 0.242 e. The third-order valence-corrected chi connectivity index (χ3v) is 4.08. The highest BCUT2D eigenvalue weighted by atomic mass is 35.5. The van der Waals surface area contributed by atoms with Crippen LogP contribution in [0.4, 0.5) is 0 Å². The van der Waals surface area contributed by atoms with Crippen molar-refractivity contribution in [2.75, 3.05) is 0 Å². The highest BCUT2D eigenvalue weighted by Crippen LogP contribution is 2.13. The van der Waals surface area contributed by atoms with E-state index < -0.39 is 6.04 Å². The summed E-state index contributed by atoms with van der Waals surface area (Å²) in [5, 5.41) is 3.52. The molecule has 4 nitrogen and oxygen atoms in total. The fraction of sp³-hybridized carbons (Fsp3) is 0.263. The van der Waals surface area contributed by atoms with Crippen LogP contribution in [0.25, 0.3) is 0 Å². The molecule has 24 heavy (non-hydrogen) atoms. The van der Waals surface area contributed by atoms with Crippen molar-refractivity contribution in [2.45, 2.75) is 33.0 Å². The zero-order chi connectivity index (χ0) is 17.5. The molecule has 0 aromatic heterocycles. The molecule has 2 amide bonds. The molecule has 0 spiro atoms. The van der Waals surface area contributed by atoms with Gasteiger partial charge in [-0.1, -0.05) is 54.1 Å². The van der Waals surface area contributed by atoms with Gasteiger partial charge in [0.05, 0.1) is 0 Å². The molecule has 0 aliphatic heterocycles. The van der Waals surface area contributed by atoms with Gasteiger partial charge in [0.2, 0.25) is 11.8 Å². The number of hydrogen-bond donors (Lipinski definition) is 1. The Kier molecular flexibility index (Phi) is 6.38. The molecule has 1 N–H and O–H groups in total. The topological polar surface area (TPSA) is 49.4 Å². The second-order valence-electron chi connectivity index (χ2n) is 5.65. The zero-order valence-corrected chi connectivity index (χ0v) is 14.6. The molecule has 5 heteroatoms. The van der Waals surface area contributed by atoms with E-state index in [1.54, 1.807) is 24.0 Å². The monoisotopic (exact) mass is 344 g/mol. The summed E-state index contributed by atoms with van der Waals surface area (Å²) >= 11 is 5.88. The minimum atomic E-state index is -0.554. The van der Waals surface area contributed by atoms with Crippen LogP contribution in [0.1, 0.15) is 25.0 Å². The van der Waals surface area contributed by atoms with Crippen LogP contribution in [0.15, 0.2) is 54.6 Å². The Bertz CT molecular complexity index is 686. The van der Waals surface area contributed by atoms with Crippen molar-refractivity contribution in [3.05, 3.63) is 70.7 Å². The van der Waals surface area contributed by atoms with Crippen LogP contribution in [-0.2, 0) is 22.7 Å². The van der Waals surface area contributed by atoms with Crippen LogP contribution in [-0.4, -0.2) is 22.8 Å². The summed E-state index contributed by atoms with van der Waals surface area (Å²) in [4.78, 5) is 25.9. The summed E-state index contributed by atoms with van der Waals surface area (Å²) in [6, 6.07) is 16.4. The first-order valence-corrected chi connectivity index (χ1v) is 8.18. The van der Waals surface area contributed by atoms with E-state index >= 15 is 0 Å². The van der Waals surface area contributed by atoms with Gasteiger partial charge in [0, 0.05) is 25.0 Å². The number of nitrogens with zero attached hydrogens (tertiary/aromatic N) is 1. The van der Waals surface area contributed by atoms with E-state index in [2.05, 4.69) is 5.32 Å². The molecule has 2 rings (SSSR count). The number of rotatable bonds is 6. The lowest BCUT2D eigenvalue weighted by Crippen LogP contribution is -2.46. The molecule has 0 radical (unpaired) electrons. The maximum atomic E-state index is 12.4. The Balaban J connectivity index is 1.99. The molecule has 1 atom stereocenters. The quantitative estimate of drug-likeness (QED) is 0.873. The molecular formula is C19H21ClN2O2. The molecule has 0 aliphatic rings. The summed E-state index contributed by atoms with van der Waals surface area (Å²) in [6.45, 7) is 4.01. The van der Waals surface area contributed by atoms with Crippen LogP contribution in [0, 0.1) is 0 Å². The molecule has 0 saturated carbocycles. The Hall–Kier alpha value is -2.33. The maximum absolute atomic E-state index is 12.4. The molecule has 0 fully saturated rings. The molecule has 0 aliphatic carbocycles. The van der Waals surface area contributed by atoms with Gasteiger partial charge in [0.25, 0.3) is 0 Å². The molecular weight excluding hydrogens is 324 g/mol. The standard InChI is InChI=1S/C19H21ClN2O2/c1-14(19(24)21-12-16-6-4-3-5-7-16)22(15(2)23)13-17-8-10-18(20)11-9-17/h3-11,14H,12-13H2,1-2H3,(H,21,24)/t14-/m1/s1. The summed E-state index contributed by atoms with van der Waals surface area (Å²) in [5.41, 5.74) is 1.95. The van der Waals surface area contributed by atoms with E-state index in [4.69, 9.17) is 11.6 Å². The minimum absolute atomic E-state index is 0.146. The van der Waals surface area contributed by atoms with Crippen LogP contribution < -0.4 is 5.32 Å². The highest BCUT2D eigenvalue weighted by Gasteiger charge is 2.23. The predicted molar refractivity (Wildman–Crippen MR) is 95.4 cm³/mol. The highest BCUT2D eigenvalue weighted by molar-refractivity contribution is 6.30. The molecule has 2 aromatic carbocycles. The lowest BCUT2D eigenvalue weighted by molar-refractivity contribution is -0.139. The van der Waals surface area contributed by atoms with Crippen LogP contribution in [0.5, 0.6) is 0 Å². The number of benzene rings is 2. The SMILES string of the molecule is CC(=O)N(Cc1ccc(Cl)cc1)[C@H](C)C(=O)NCc1ccccc1. The Morgan fingerprint density at radius 2 is 1.67 bits per heavy atom. The summed E-state index contributed by atoms with van der Waals surface area (Å²) in [5.74, 6) is -0.324. The van der Waals surface area contributed by atoms with Crippen LogP contribution in [0.2, 0.25) is 5.02 Å². The van der Waals surface area contributed by atoms with Crippen molar-refractivity contribution >= 4 is 23.4 Å². The Labute approximate surface area is 147 Å². The number of halogens is 1. The van der Waals surface area contributed by atoms with Crippen LogP contribution >= 0.6 is 11.6 Å². The first-order chi connectivity index (χ1) is 11.5. The van der Waals surface area contributed by atoms with Crippen molar-refractivity contribution in [2.24, 2.45) is 0 Å². The van der Waals surface area contributed by atoms with Gasteiger partial charge in [-0.3, -0.25) is 9.59 Å². The molecule has 0 heterocycles. The number of carbonyl (C=O) groups excluding carboxylic acids is 2. The second-order valence-corrected chi connectivity index (χ2v) is 6.09. The van der Waals surface area contributed by atoms with E-state index in [9.17, 15) is 9.59 Å². The molecule has 0 unspecified atom stereocenters. The fourth-order valence-electron chi connectivity index (χ4n) is 2.38. The predicted octanol–water partition coefficient (Wildman–Crippen LogP) is 3.39. The van der Waals surface area contributed by atoms with Gasteiger partial charge in [-0.05, 0) is 30.2 Å². The number of carbonyl (C=O) groups is 2. The van der Waals surface area contributed by atoms with E-state index in [0.29, 0.717) is 18.1 Å². The van der Waals surface area contributed by atoms with Gasteiger partial charge < -0.3 is 10.2 Å². The van der Waals surface area contributed by atoms with Gasteiger partial charge in [-0.2, -0.15) is 0 Å². The van der Waals surface area contributed by atoms with Crippen molar-refractivity contribution in [3.63, 3.8) is 0 Å². The fourth-order valence-corrected chi connectivity index (χ4v) is 2.51. The normalized spacial score (nSPS) is 11.6. The largest absolute Gasteiger partial charge is 0.350 e. The van der Waals surface area contributed by atoms with Crippen molar-refractivity contribution in [1.29, 1.82) is 0 Å². The third kappa shape index (κ3) is 5.10. The zero-order valence-electron chi connectivity index (χ0n) is 13.8. The Morgan fingerprint density at radius 3 is 2.25 bits per heavy atom. The Morgan fingerprint density at radius 1 is 1.04 bits per heavy atom. The second kappa shape index (κ2) is 8.50. The molecule has 0 saturated heterocycles. The average Bonchev–Trinajstić information content (AvgIpc) is 2.59. The summed E-state index contributed by atoms with van der Waals surface area (Å²) < 4.78 is 0. The molecule has 2 aromatic rings. The van der Waals surface area contributed by atoms with Gasteiger partial charge in [0.1, 0.15) is 6.04 Å². The van der Waals surface area contributed by atoms with Crippen molar-refractivity contribution in [3.8, 4) is 0 Å². The van der Waals surface area contributed by atoms with E-state index in [1.807, 2.05) is 42.5 Å².